The number of aliphatic hydroxyl groups is 1. The van der Waals surface area contributed by atoms with E-state index in [0.717, 1.165) is 12.0 Å². The number of rotatable bonds is 6. The summed E-state index contributed by atoms with van der Waals surface area (Å²) >= 11 is 5.96. The Kier molecular flexibility index (Phi) is 6.63. The van der Waals surface area contributed by atoms with Gasteiger partial charge in [-0.3, -0.25) is 9.59 Å². The minimum absolute atomic E-state index is 0.0352. The fourth-order valence-corrected chi connectivity index (χ4v) is 3.32. The maximum atomic E-state index is 12.4. The van der Waals surface area contributed by atoms with E-state index >= 15 is 0 Å². The zero-order valence-electron chi connectivity index (χ0n) is 14.1. The lowest BCUT2D eigenvalue weighted by Crippen LogP contribution is -2.50. The molecule has 0 radical (unpaired) electrons. The van der Waals surface area contributed by atoms with Crippen molar-refractivity contribution in [2.24, 2.45) is 0 Å². The summed E-state index contributed by atoms with van der Waals surface area (Å²) in [6, 6.07) is 7.50. The highest BCUT2D eigenvalue weighted by molar-refractivity contribution is 6.30. The van der Waals surface area contributed by atoms with Gasteiger partial charge in [-0.1, -0.05) is 23.7 Å². The molecule has 0 bridgehead atoms. The van der Waals surface area contributed by atoms with Gasteiger partial charge in [0, 0.05) is 38.0 Å². The average molecular weight is 353 g/mol. The second-order valence-electron chi connectivity index (χ2n) is 6.45. The van der Waals surface area contributed by atoms with E-state index in [1.165, 1.54) is 0 Å². The highest BCUT2D eigenvalue weighted by Gasteiger charge is 2.35. The second kappa shape index (κ2) is 8.49. The third kappa shape index (κ3) is 5.49. The Hall–Kier alpha value is -1.59. The third-order valence-corrected chi connectivity index (χ3v) is 4.76. The van der Waals surface area contributed by atoms with Crippen LogP contribution in [0.2, 0.25) is 5.02 Å². The number of hydrogen-bond donors (Lipinski definition) is 2. The largest absolute Gasteiger partial charge is 0.388 e. The Morgan fingerprint density at radius 1 is 1.38 bits per heavy atom. The lowest BCUT2D eigenvalue weighted by atomic mass is 9.88. The van der Waals surface area contributed by atoms with E-state index in [-0.39, 0.29) is 18.2 Å². The Bertz CT molecular complexity index is 593. The maximum Gasteiger partial charge on any atom is 0.222 e. The first-order valence-electron chi connectivity index (χ1n) is 8.37. The molecule has 0 aliphatic carbocycles. The molecule has 2 rings (SSSR count). The van der Waals surface area contributed by atoms with Gasteiger partial charge in [0.2, 0.25) is 11.8 Å². The van der Waals surface area contributed by atoms with Crippen molar-refractivity contribution in [3.8, 4) is 0 Å². The summed E-state index contributed by atoms with van der Waals surface area (Å²) in [7, 11) is 1.58. The molecular formula is C18H25ClN2O3. The van der Waals surface area contributed by atoms with Crippen LogP contribution in [0.5, 0.6) is 0 Å². The Morgan fingerprint density at radius 2 is 2.17 bits per heavy atom. The molecule has 2 amide bonds. The van der Waals surface area contributed by atoms with Gasteiger partial charge in [-0.2, -0.15) is 0 Å². The molecule has 6 heteroatoms. The monoisotopic (exact) mass is 352 g/mol. The van der Waals surface area contributed by atoms with Crippen molar-refractivity contribution in [1.29, 1.82) is 0 Å². The number of piperidine rings is 1. The van der Waals surface area contributed by atoms with Gasteiger partial charge in [0.05, 0.1) is 5.60 Å². The summed E-state index contributed by atoms with van der Waals surface area (Å²) in [6.45, 7) is 0.967. The maximum absolute atomic E-state index is 12.4. The minimum Gasteiger partial charge on any atom is -0.388 e. The number of carbonyl (C=O) groups excluding carboxylic acids is 2. The third-order valence-electron chi connectivity index (χ3n) is 4.52. The number of hydrogen-bond acceptors (Lipinski definition) is 3. The molecule has 1 aliphatic heterocycles. The van der Waals surface area contributed by atoms with Crippen molar-refractivity contribution < 1.29 is 14.7 Å². The molecule has 0 saturated carbocycles. The fraction of sp³-hybridized carbons (Fsp3) is 0.556. The quantitative estimate of drug-likeness (QED) is 0.824. The Labute approximate surface area is 148 Å². The van der Waals surface area contributed by atoms with Crippen LogP contribution in [0, 0.1) is 0 Å². The van der Waals surface area contributed by atoms with Crippen LogP contribution in [0.1, 0.15) is 37.7 Å². The zero-order valence-corrected chi connectivity index (χ0v) is 14.8. The van der Waals surface area contributed by atoms with E-state index in [1.54, 1.807) is 11.9 Å². The number of halogens is 1. The highest BCUT2D eigenvalue weighted by Crippen LogP contribution is 2.26. The number of nitrogens with zero attached hydrogens (tertiary/aromatic N) is 1. The van der Waals surface area contributed by atoms with E-state index in [0.29, 0.717) is 43.8 Å². The van der Waals surface area contributed by atoms with Crippen LogP contribution >= 0.6 is 11.6 Å². The van der Waals surface area contributed by atoms with Gasteiger partial charge in [-0.25, -0.2) is 0 Å². The van der Waals surface area contributed by atoms with Crippen molar-refractivity contribution in [1.82, 2.24) is 10.2 Å². The van der Waals surface area contributed by atoms with Gasteiger partial charge in [0.25, 0.3) is 0 Å². The summed E-state index contributed by atoms with van der Waals surface area (Å²) in [6.07, 6.45) is 3.07. The highest BCUT2D eigenvalue weighted by atomic mass is 35.5. The van der Waals surface area contributed by atoms with Gasteiger partial charge < -0.3 is 15.3 Å². The van der Waals surface area contributed by atoms with Crippen LogP contribution < -0.4 is 5.32 Å². The molecule has 1 saturated heterocycles. The molecule has 1 heterocycles. The molecule has 5 nitrogen and oxygen atoms in total. The molecule has 0 aromatic heterocycles. The molecule has 0 spiro atoms. The van der Waals surface area contributed by atoms with Crippen LogP contribution in [-0.2, 0) is 16.0 Å². The minimum atomic E-state index is -0.962. The van der Waals surface area contributed by atoms with Crippen molar-refractivity contribution in [3.05, 3.63) is 34.9 Å². The number of aryl methyl sites for hydroxylation is 1. The fourth-order valence-electron chi connectivity index (χ4n) is 3.10. The zero-order chi connectivity index (χ0) is 17.6. The normalized spacial score (nSPS) is 20.7. The van der Waals surface area contributed by atoms with Crippen LogP contribution in [-0.4, -0.2) is 47.6 Å². The van der Waals surface area contributed by atoms with Gasteiger partial charge in [0.1, 0.15) is 0 Å². The summed E-state index contributed by atoms with van der Waals surface area (Å²) in [5.74, 6) is -0.0547. The summed E-state index contributed by atoms with van der Waals surface area (Å²) in [5, 5.41) is 13.9. The molecule has 1 aromatic rings. The van der Waals surface area contributed by atoms with Gasteiger partial charge in [-0.05, 0) is 43.4 Å². The van der Waals surface area contributed by atoms with E-state index in [2.05, 4.69) is 5.32 Å². The summed E-state index contributed by atoms with van der Waals surface area (Å²) in [4.78, 5) is 25.5. The van der Waals surface area contributed by atoms with Gasteiger partial charge >= 0.3 is 0 Å². The average Bonchev–Trinajstić information content (AvgIpc) is 2.57. The van der Waals surface area contributed by atoms with Crippen molar-refractivity contribution >= 4 is 23.4 Å². The molecule has 1 aliphatic rings. The Morgan fingerprint density at radius 3 is 2.88 bits per heavy atom. The van der Waals surface area contributed by atoms with Gasteiger partial charge in [0.15, 0.2) is 0 Å². The van der Waals surface area contributed by atoms with E-state index < -0.39 is 5.60 Å². The summed E-state index contributed by atoms with van der Waals surface area (Å²) in [5.41, 5.74) is 0.0685. The second-order valence-corrected chi connectivity index (χ2v) is 6.88. The molecule has 1 aromatic carbocycles. The lowest BCUT2D eigenvalue weighted by molar-refractivity contribution is -0.139. The topological polar surface area (TPSA) is 69.6 Å². The van der Waals surface area contributed by atoms with Crippen LogP contribution in [0.25, 0.3) is 0 Å². The van der Waals surface area contributed by atoms with E-state index in [9.17, 15) is 14.7 Å². The predicted octanol–water partition coefficient (Wildman–Crippen LogP) is 2.15. The Balaban J connectivity index is 1.86. The standard InChI is InChI=1S/C18H25ClN2O3/c1-20-16(22)8-10-18(24)9-3-11-21(13-18)17(23)7-6-14-4-2-5-15(19)12-14/h2,4-5,12,24H,3,6-11,13H2,1H3,(H,20,22)/t18-/m1/s1. The predicted molar refractivity (Wildman–Crippen MR) is 93.8 cm³/mol. The smallest absolute Gasteiger partial charge is 0.222 e. The lowest BCUT2D eigenvalue weighted by Gasteiger charge is -2.39. The van der Waals surface area contributed by atoms with Crippen LogP contribution in [0.15, 0.2) is 24.3 Å². The molecule has 24 heavy (non-hydrogen) atoms. The van der Waals surface area contributed by atoms with E-state index in [1.807, 2.05) is 24.3 Å². The first-order chi connectivity index (χ1) is 11.4. The van der Waals surface area contributed by atoms with Crippen LogP contribution in [0.3, 0.4) is 0 Å². The summed E-state index contributed by atoms with van der Waals surface area (Å²) < 4.78 is 0. The van der Waals surface area contributed by atoms with Gasteiger partial charge in [-0.15, -0.1) is 0 Å². The number of benzene rings is 1. The molecule has 132 valence electrons. The molecule has 2 N–H and O–H groups in total. The van der Waals surface area contributed by atoms with E-state index in [4.69, 9.17) is 11.6 Å². The van der Waals surface area contributed by atoms with Crippen LogP contribution in [0.4, 0.5) is 0 Å². The number of amides is 2. The number of β-amino-alcohol motifs (C(OH)–C–C–N with tert-alkyl or cyclic N) is 1. The number of likely N-dealkylation sites (tertiary alicyclic amines) is 1. The molecule has 0 unspecified atom stereocenters. The van der Waals surface area contributed by atoms with Crippen molar-refractivity contribution in [2.45, 2.75) is 44.1 Å². The molecule has 1 fully saturated rings. The van der Waals surface area contributed by atoms with Crippen molar-refractivity contribution in [2.75, 3.05) is 20.1 Å². The number of nitrogens with one attached hydrogen (secondary N) is 1. The first kappa shape index (κ1) is 18.7. The first-order valence-corrected chi connectivity index (χ1v) is 8.75. The molecular weight excluding hydrogens is 328 g/mol. The van der Waals surface area contributed by atoms with Crippen molar-refractivity contribution in [3.63, 3.8) is 0 Å². The SMILES string of the molecule is CNC(=O)CC[C@]1(O)CCCN(C(=O)CCc2cccc(Cl)c2)C1. The molecule has 1 atom stereocenters. The number of carbonyl (C=O) groups is 2.